The zero-order valence-electron chi connectivity index (χ0n) is 73.8. The number of carbonyl (C=O) groups excluding carboxylic acids is 3. The molecule has 0 amide bonds. The molecule has 0 aliphatic carbocycles. The van der Waals surface area contributed by atoms with Crippen molar-refractivity contribution < 1.29 is 75.8 Å². The Kier molecular flexibility index (Phi) is 86.2. The van der Waals surface area contributed by atoms with Crippen LogP contribution in [0.5, 0.6) is 0 Å². The molecule has 0 aromatic carbocycles. The van der Waals surface area contributed by atoms with Gasteiger partial charge in [-0.2, -0.15) is 0 Å². The van der Waals surface area contributed by atoms with Crippen molar-refractivity contribution in [1.29, 1.82) is 0 Å². The van der Waals surface area contributed by atoms with Gasteiger partial charge in [-0.25, -0.2) is 9.13 Å². The van der Waals surface area contributed by atoms with Gasteiger partial charge in [0.15, 0.2) is 6.10 Å². The second kappa shape index (κ2) is 90.2. The van der Waals surface area contributed by atoms with Crippen LogP contribution in [0.4, 0.5) is 0 Å². The van der Waals surface area contributed by atoms with Crippen molar-refractivity contribution in [3.63, 3.8) is 0 Å². The van der Waals surface area contributed by atoms with Gasteiger partial charge in [0, 0.05) is 19.3 Å². The Labute approximate surface area is 713 Å². The summed E-state index contributed by atoms with van der Waals surface area (Å²) in [6.45, 7) is 2.45. The normalized spacial score (nSPS) is 14.6. The minimum absolute atomic E-state index is 0.0856. The van der Waals surface area contributed by atoms with Crippen LogP contribution in [0.3, 0.4) is 0 Å². The van der Waals surface area contributed by atoms with Gasteiger partial charge in [0.05, 0.1) is 26.4 Å². The highest BCUT2D eigenvalue weighted by Crippen LogP contribution is 2.45. The van der Waals surface area contributed by atoms with Crippen molar-refractivity contribution >= 4 is 33.6 Å². The molecule has 0 saturated carbocycles. The summed E-state index contributed by atoms with van der Waals surface area (Å²) in [5.74, 6) is -1.59. The molecule has 0 aromatic rings. The number of hydrogen-bond donors (Lipinski definition) is 4. The minimum atomic E-state index is -4.95. The fourth-order valence-corrected chi connectivity index (χ4v) is 14.0. The SMILES string of the molecule is CC/C=C\C/C=C\C/C=C\C/C=C\C/C=C\CCCCCCCCCCCCCCCCCCCC(=O)OCC(O)COP(=O)(O)OCC(O)COP(=O)(O)OCC(COC(=O)CCCCCCCCCCC/C=C\C/C=C\C/C=C\C/C=C\CCCCC)OC(=O)CCCCCCCCC/C=C\C/C=C\C/C=C\C/C=C\C/C=C\CC. The van der Waals surface area contributed by atoms with E-state index in [4.69, 9.17) is 32.3 Å². The summed E-state index contributed by atoms with van der Waals surface area (Å²) in [4.78, 5) is 59.0. The Hall–Kier alpha value is -5.09. The lowest BCUT2D eigenvalue weighted by molar-refractivity contribution is -0.161. The Morgan fingerprint density at radius 2 is 0.453 bits per heavy atom. The fraction of sp³-hybridized carbons (Fsp3) is 0.687. The van der Waals surface area contributed by atoms with E-state index in [0.29, 0.717) is 19.3 Å². The van der Waals surface area contributed by atoms with Gasteiger partial charge in [-0.05, 0) is 154 Å². The fourth-order valence-electron chi connectivity index (χ4n) is 12.4. The van der Waals surface area contributed by atoms with Crippen LogP contribution >= 0.6 is 15.6 Å². The third kappa shape index (κ3) is 91.5. The van der Waals surface area contributed by atoms with Crippen molar-refractivity contribution in [3.05, 3.63) is 170 Å². The molecule has 0 heterocycles. The summed E-state index contributed by atoms with van der Waals surface area (Å²) < 4.78 is 61.5. The molecule has 5 unspecified atom stereocenters. The van der Waals surface area contributed by atoms with Crippen molar-refractivity contribution in [2.75, 3.05) is 39.6 Å². The second-order valence-corrected chi connectivity index (χ2v) is 33.6. The van der Waals surface area contributed by atoms with Crippen LogP contribution < -0.4 is 0 Å². The van der Waals surface area contributed by atoms with E-state index in [1.165, 1.54) is 141 Å². The molecule has 0 aliphatic heterocycles. The largest absolute Gasteiger partial charge is 0.472 e. The van der Waals surface area contributed by atoms with Crippen molar-refractivity contribution in [2.24, 2.45) is 0 Å². The number of hydrogen-bond acceptors (Lipinski definition) is 14. The van der Waals surface area contributed by atoms with Gasteiger partial charge in [0.2, 0.25) is 0 Å². The second-order valence-electron chi connectivity index (χ2n) is 30.7. The standard InChI is InChI=1S/C99H168O16P2/c1-4-7-10-13-16-19-22-25-28-31-34-37-40-42-43-44-45-46-47-48-49-51-54-55-58-61-64-67-70-73-76-79-82-85-97(102)109-88-94(100)89-111-116(105,106)112-90-95(101)91-113-117(107,108)114-93-96(115-99(104)87-84-81-78-75-72-69-66-63-60-57-52-39-36-33-30-27-24-21-18-15-12-9-6-3)92-110-98(103)86-83-80-77-74-71-68-65-62-59-56-53-50-41-38-35-32-29-26-23-20-17-14-11-8-5-2/h7,9-10,12,16-21,25-30,34-39,42-43,50,53,57,60,94-96,100-101H,4-6,8,11,13-15,22-24,31-33,40-41,44-49,51-52,54-56,58-59,61-93H2,1-3H3,(H,105,106)(H,107,108)/b10-7-,12-9-,19-16-,20-17-,21-18-,28-25-,29-26-,30-27-,37-34-,38-35-,39-36-,43-42-,53-50-,60-57-. The number of esters is 3. The predicted octanol–water partition coefficient (Wildman–Crippen LogP) is 28.7. The highest BCUT2D eigenvalue weighted by molar-refractivity contribution is 7.47. The smallest absolute Gasteiger partial charge is 0.463 e. The van der Waals surface area contributed by atoms with E-state index in [1.54, 1.807) is 0 Å². The highest BCUT2D eigenvalue weighted by atomic mass is 31.2. The van der Waals surface area contributed by atoms with Gasteiger partial charge in [0.1, 0.15) is 25.4 Å². The molecule has 670 valence electrons. The first-order valence-corrected chi connectivity index (χ1v) is 49.4. The first kappa shape index (κ1) is 112. The number of rotatable bonds is 87. The van der Waals surface area contributed by atoms with E-state index >= 15 is 0 Å². The zero-order valence-corrected chi connectivity index (χ0v) is 75.6. The lowest BCUT2D eigenvalue weighted by Gasteiger charge is -2.21. The van der Waals surface area contributed by atoms with E-state index in [-0.39, 0.29) is 19.3 Å². The molecule has 0 aromatic heterocycles. The maximum absolute atomic E-state index is 13.1. The van der Waals surface area contributed by atoms with Crippen LogP contribution in [0.1, 0.15) is 380 Å². The van der Waals surface area contributed by atoms with Crippen LogP contribution in [0.2, 0.25) is 0 Å². The molecule has 0 saturated heterocycles. The molecule has 16 nitrogen and oxygen atoms in total. The molecular weight excluding hydrogens is 1510 g/mol. The molecular formula is C99H168O16P2. The van der Waals surface area contributed by atoms with Crippen LogP contribution in [-0.4, -0.2) is 95.9 Å². The average Bonchev–Trinajstić information content (AvgIpc) is 0.896. The van der Waals surface area contributed by atoms with Crippen LogP contribution in [0.25, 0.3) is 0 Å². The summed E-state index contributed by atoms with van der Waals surface area (Å²) in [5, 5.41) is 20.7. The maximum Gasteiger partial charge on any atom is 0.472 e. The lowest BCUT2D eigenvalue weighted by Crippen LogP contribution is -2.30. The third-order valence-electron chi connectivity index (χ3n) is 19.4. The van der Waals surface area contributed by atoms with Gasteiger partial charge in [-0.1, -0.05) is 377 Å². The van der Waals surface area contributed by atoms with Gasteiger partial charge >= 0.3 is 33.6 Å². The summed E-state index contributed by atoms with van der Waals surface area (Å²) >= 11 is 0. The van der Waals surface area contributed by atoms with Crippen LogP contribution in [0.15, 0.2) is 170 Å². The number of allylic oxidation sites excluding steroid dienone is 28. The van der Waals surface area contributed by atoms with Crippen molar-refractivity contribution in [3.8, 4) is 0 Å². The number of phosphoric acid groups is 2. The molecule has 18 heteroatoms. The molecule has 0 rings (SSSR count). The summed E-state index contributed by atoms with van der Waals surface area (Å²) in [6.07, 6.45) is 117. The summed E-state index contributed by atoms with van der Waals surface area (Å²) in [7, 11) is -9.82. The van der Waals surface area contributed by atoms with Gasteiger partial charge in [-0.15, -0.1) is 0 Å². The first-order valence-electron chi connectivity index (χ1n) is 46.4. The Morgan fingerprint density at radius 3 is 0.718 bits per heavy atom. The molecule has 5 atom stereocenters. The number of ether oxygens (including phenoxy) is 3. The number of aliphatic hydroxyl groups is 2. The van der Waals surface area contributed by atoms with E-state index < -0.39 is 91.5 Å². The average molecular weight is 1680 g/mol. The maximum atomic E-state index is 13.1. The minimum Gasteiger partial charge on any atom is -0.463 e. The summed E-state index contributed by atoms with van der Waals surface area (Å²) in [6, 6.07) is 0. The molecule has 4 N–H and O–H groups in total. The van der Waals surface area contributed by atoms with Gasteiger partial charge < -0.3 is 34.2 Å². The summed E-state index contributed by atoms with van der Waals surface area (Å²) in [5.41, 5.74) is 0. The predicted molar refractivity (Wildman–Crippen MR) is 491 cm³/mol. The Morgan fingerprint density at radius 1 is 0.248 bits per heavy atom. The molecule has 0 aliphatic rings. The number of aliphatic hydroxyl groups excluding tert-OH is 2. The Balaban J connectivity index is 4.59. The van der Waals surface area contributed by atoms with Gasteiger partial charge in [0.25, 0.3) is 0 Å². The third-order valence-corrected chi connectivity index (χ3v) is 21.3. The monoisotopic (exact) mass is 1680 g/mol. The topological polar surface area (TPSA) is 231 Å². The van der Waals surface area contributed by atoms with E-state index in [0.717, 1.165) is 180 Å². The quantitative estimate of drug-likeness (QED) is 0.0146. The number of unbranched alkanes of at least 4 members (excludes halogenated alkanes) is 36. The molecule has 0 bridgehead atoms. The van der Waals surface area contributed by atoms with E-state index in [9.17, 15) is 43.5 Å². The van der Waals surface area contributed by atoms with Crippen LogP contribution in [-0.2, 0) is 55.8 Å². The van der Waals surface area contributed by atoms with Gasteiger partial charge in [-0.3, -0.25) is 32.5 Å². The first-order chi connectivity index (χ1) is 57.2. The van der Waals surface area contributed by atoms with E-state index in [1.807, 2.05) is 0 Å². The molecule has 117 heavy (non-hydrogen) atoms. The van der Waals surface area contributed by atoms with Crippen molar-refractivity contribution in [2.45, 2.75) is 399 Å². The Bertz CT molecular complexity index is 2810. The molecule has 0 fully saturated rings. The zero-order chi connectivity index (χ0) is 85.1. The number of carbonyl (C=O) groups is 3. The van der Waals surface area contributed by atoms with Crippen LogP contribution in [0, 0.1) is 0 Å². The molecule has 0 spiro atoms. The van der Waals surface area contributed by atoms with Crippen molar-refractivity contribution in [1.82, 2.24) is 0 Å². The highest BCUT2D eigenvalue weighted by Gasteiger charge is 2.29. The van der Waals surface area contributed by atoms with E-state index in [2.05, 4.69) is 191 Å². The number of phosphoric ester groups is 2. The lowest BCUT2D eigenvalue weighted by atomic mass is 10.0. The molecule has 0 radical (unpaired) electrons.